The number of aromatic nitrogens is 4. The van der Waals surface area contributed by atoms with Crippen molar-refractivity contribution < 1.29 is 13.9 Å². The van der Waals surface area contributed by atoms with E-state index in [2.05, 4.69) is 32.2 Å². The van der Waals surface area contributed by atoms with Crippen LogP contribution in [-0.4, -0.2) is 38.4 Å². The lowest BCUT2D eigenvalue weighted by atomic mass is 10.1. The molecule has 0 bridgehead atoms. The number of halogens is 3. The number of anilines is 2. The molecule has 3 heterocycles. The minimum absolute atomic E-state index is 0.127. The quantitative estimate of drug-likeness (QED) is 0.157. The summed E-state index contributed by atoms with van der Waals surface area (Å²) < 4.78 is 22.6. The van der Waals surface area contributed by atoms with E-state index < -0.39 is 5.82 Å². The van der Waals surface area contributed by atoms with Gasteiger partial charge in [0, 0.05) is 42.6 Å². The zero-order valence-electron chi connectivity index (χ0n) is 22.2. The standard InChI is InChI=1S/C31H25Cl2FN6O2/c1-2-3-4-17-42-26-8-7-23(28(34)27(26)33)25-19-38-30-29(36-15-16-40(25)30)39-21-5-6-22(24(32)18-21)31(41)37-14-11-20-9-12-35-13-10-20/h2-10,12-13,15-16,18-19H,1,11,14,17H2,(H,36,39)(H,37,41)/b4-3+. The van der Waals surface area contributed by atoms with Crippen molar-refractivity contribution in [2.45, 2.75) is 6.42 Å². The van der Waals surface area contributed by atoms with Gasteiger partial charge in [0.1, 0.15) is 17.4 Å². The monoisotopic (exact) mass is 602 g/mol. The van der Waals surface area contributed by atoms with Crippen LogP contribution in [-0.2, 0) is 6.42 Å². The molecule has 0 atom stereocenters. The molecule has 0 fully saturated rings. The van der Waals surface area contributed by atoms with Gasteiger partial charge in [0.05, 0.1) is 22.5 Å². The number of hydrogen-bond acceptors (Lipinski definition) is 6. The first kappa shape index (κ1) is 28.8. The maximum atomic E-state index is 15.3. The second-order valence-corrected chi connectivity index (χ2v) is 9.79. The molecule has 0 saturated heterocycles. The molecular weight excluding hydrogens is 578 g/mol. The van der Waals surface area contributed by atoms with Gasteiger partial charge >= 0.3 is 0 Å². The highest BCUT2D eigenvalue weighted by Gasteiger charge is 2.19. The predicted molar refractivity (Wildman–Crippen MR) is 163 cm³/mol. The molecule has 0 aliphatic heterocycles. The van der Waals surface area contributed by atoms with Crippen molar-refractivity contribution in [3.05, 3.63) is 125 Å². The Morgan fingerprint density at radius 1 is 1.10 bits per heavy atom. The Hall–Kier alpha value is -4.73. The molecule has 0 aliphatic rings. The molecule has 8 nitrogen and oxygen atoms in total. The first-order chi connectivity index (χ1) is 20.5. The molecule has 0 aliphatic carbocycles. The number of nitrogens with zero attached hydrogens (tertiary/aromatic N) is 4. The van der Waals surface area contributed by atoms with Gasteiger partial charge in [-0.05, 0) is 60.5 Å². The topological polar surface area (TPSA) is 93.4 Å². The number of carbonyl (C=O) groups is 1. The van der Waals surface area contributed by atoms with Gasteiger partial charge in [0.25, 0.3) is 5.91 Å². The Morgan fingerprint density at radius 3 is 2.71 bits per heavy atom. The third-order valence-corrected chi connectivity index (χ3v) is 6.95. The highest BCUT2D eigenvalue weighted by atomic mass is 35.5. The average Bonchev–Trinajstić information content (AvgIpc) is 3.43. The number of pyridine rings is 1. The Labute approximate surface area is 251 Å². The maximum Gasteiger partial charge on any atom is 0.252 e. The van der Waals surface area contributed by atoms with Crippen molar-refractivity contribution in [1.82, 2.24) is 24.7 Å². The van der Waals surface area contributed by atoms with Crippen LogP contribution in [0.5, 0.6) is 5.75 Å². The minimum atomic E-state index is -0.628. The molecular formula is C31H25Cl2FN6O2. The fourth-order valence-electron chi connectivity index (χ4n) is 4.22. The largest absolute Gasteiger partial charge is 0.488 e. The molecule has 42 heavy (non-hydrogen) atoms. The van der Waals surface area contributed by atoms with Crippen LogP contribution in [0.2, 0.25) is 10.0 Å². The summed E-state index contributed by atoms with van der Waals surface area (Å²) in [4.78, 5) is 25.5. The summed E-state index contributed by atoms with van der Waals surface area (Å²) in [5, 5.41) is 6.21. The number of carbonyl (C=O) groups excluding carboxylic acids is 1. The molecule has 2 aromatic carbocycles. The van der Waals surface area contributed by atoms with Gasteiger partial charge in [-0.3, -0.25) is 14.2 Å². The molecule has 5 aromatic rings. The molecule has 0 radical (unpaired) electrons. The van der Waals surface area contributed by atoms with Crippen LogP contribution in [0.25, 0.3) is 16.9 Å². The fraction of sp³-hybridized carbons (Fsp3) is 0.0968. The predicted octanol–water partition coefficient (Wildman–Crippen LogP) is 7.07. The number of ether oxygens (including phenoxy) is 1. The van der Waals surface area contributed by atoms with Crippen LogP contribution in [0.15, 0.2) is 98.3 Å². The van der Waals surface area contributed by atoms with E-state index in [0.29, 0.717) is 41.4 Å². The van der Waals surface area contributed by atoms with E-state index in [-0.39, 0.29) is 33.9 Å². The van der Waals surface area contributed by atoms with Gasteiger partial charge in [0.2, 0.25) is 0 Å². The summed E-state index contributed by atoms with van der Waals surface area (Å²) in [6, 6.07) is 12.0. The minimum Gasteiger partial charge on any atom is -0.488 e. The fourth-order valence-corrected chi connectivity index (χ4v) is 4.70. The van der Waals surface area contributed by atoms with Crippen LogP contribution in [0, 0.1) is 5.82 Å². The lowest BCUT2D eigenvalue weighted by Gasteiger charge is -2.12. The van der Waals surface area contributed by atoms with Gasteiger partial charge in [-0.1, -0.05) is 41.9 Å². The normalized spacial score (nSPS) is 11.1. The van der Waals surface area contributed by atoms with Crippen molar-refractivity contribution in [3.8, 4) is 17.0 Å². The van der Waals surface area contributed by atoms with Gasteiger partial charge in [0.15, 0.2) is 17.3 Å². The number of amides is 1. The summed E-state index contributed by atoms with van der Waals surface area (Å²) in [6.07, 6.45) is 14.0. The number of benzene rings is 2. The van der Waals surface area contributed by atoms with Crippen molar-refractivity contribution in [3.63, 3.8) is 0 Å². The molecule has 3 aromatic heterocycles. The van der Waals surface area contributed by atoms with Crippen LogP contribution < -0.4 is 15.4 Å². The van der Waals surface area contributed by atoms with Crippen LogP contribution in [0.4, 0.5) is 15.9 Å². The zero-order valence-corrected chi connectivity index (χ0v) is 23.7. The second kappa shape index (κ2) is 13.3. The summed E-state index contributed by atoms with van der Waals surface area (Å²) in [5.74, 6) is -0.262. The van der Waals surface area contributed by atoms with E-state index in [9.17, 15) is 4.79 Å². The first-order valence-electron chi connectivity index (χ1n) is 12.9. The summed E-state index contributed by atoms with van der Waals surface area (Å²) in [6.45, 7) is 4.28. The van der Waals surface area contributed by atoms with Crippen molar-refractivity contribution in [2.24, 2.45) is 0 Å². The number of rotatable bonds is 11. The number of imidazole rings is 1. The molecule has 212 valence electrons. The van der Waals surface area contributed by atoms with Gasteiger partial charge < -0.3 is 15.4 Å². The summed E-state index contributed by atoms with van der Waals surface area (Å²) >= 11 is 12.7. The lowest BCUT2D eigenvalue weighted by molar-refractivity contribution is 0.0954. The molecule has 1 amide bonds. The Balaban J connectivity index is 1.31. The lowest BCUT2D eigenvalue weighted by Crippen LogP contribution is -2.26. The van der Waals surface area contributed by atoms with Crippen LogP contribution >= 0.6 is 23.2 Å². The van der Waals surface area contributed by atoms with Crippen molar-refractivity contribution >= 4 is 46.3 Å². The molecule has 11 heteroatoms. The second-order valence-electron chi connectivity index (χ2n) is 9.01. The Bertz CT molecular complexity index is 1770. The Morgan fingerprint density at radius 2 is 1.93 bits per heavy atom. The smallest absolute Gasteiger partial charge is 0.252 e. The average molecular weight is 603 g/mol. The van der Waals surface area contributed by atoms with Crippen molar-refractivity contribution in [1.29, 1.82) is 0 Å². The van der Waals surface area contributed by atoms with E-state index >= 15 is 4.39 Å². The van der Waals surface area contributed by atoms with Gasteiger partial charge in [-0.25, -0.2) is 14.4 Å². The summed E-state index contributed by atoms with van der Waals surface area (Å²) in [5.41, 5.74) is 3.20. The SMILES string of the molecule is C=C/C=C/COc1ccc(-c2cnc3c(Nc4ccc(C(=O)NCCc5ccncc5)c(Cl)c4)nccn23)c(F)c1Cl. The van der Waals surface area contributed by atoms with E-state index in [1.54, 1.807) is 77.7 Å². The zero-order chi connectivity index (χ0) is 29.5. The first-order valence-corrected chi connectivity index (χ1v) is 13.7. The molecule has 5 rings (SSSR count). The molecule has 0 saturated carbocycles. The number of nitrogens with one attached hydrogen (secondary N) is 2. The van der Waals surface area contributed by atoms with E-state index in [0.717, 1.165) is 5.56 Å². The van der Waals surface area contributed by atoms with Crippen LogP contribution in [0.3, 0.4) is 0 Å². The highest BCUT2D eigenvalue weighted by molar-refractivity contribution is 6.34. The van der Waals surface area contributed by atoms with Gasteiger partial charge in [-0.15, -0.1) is 0 Å². The molecule has 2 N–H and O–H groups in total. The third kappa shape index (κ3) is 6.43. The summed E-state index contributed by atoms with van der Waals surface area (Å²) in [7, 11) is 0. The molecule has 0 unspecified atom stereocenters. The van der Waals surface area contributed by atoms with Crippen LogP contribution in [0.1, 0.15) is 15.9 Å². The number of hydrogen-bond donors (Lipinski definition) is 2. The Kier molecular flexibility index (Phi) is 9.11. The maximum absolute atomic E-state index is 15.3. The van der Waals surface area contributed by atoms with Gasteiger partial charge in [-0.2, -0.15) is 0 Å². The molecule has 0 spiro atoms. The van der Waals surface area contributed by atoms with E-state index in [4.69, 9.17) is 27.9 Å². The van der Waals surface area contributed by atoms with Crippen molar-refractivity contribution in [2.75, 3.05) is 18.5 Å². The van der Waals surface area contributed by atoms with E-state index in [1.807, 2.05) is 12.1 Å². The third-order valence-electron chi connectivity index (χ3n) is 6.28. The number of fused-ring (bicyclic) bond motifs is 1. The van der Waals surface area contributed by atoms with E-state index in [1.165, 1.54) is 6.20 Å². The highest BCUT2D eigenvalue weighted by Crippen LogP contribution is 2.35. The number of allylic oxidation sites excluding steroid dienone is 2.